The molecule has 0 amide bonds. The van der Waals surface area contributed by atoms with E-state index in [0.717, 1.165) is 28.2 Å². The van der Waals surface area contributed by atoms with E-state index in [4.69, 9.17) is 11.6 Å². The maximum absolute atomic E-state index is 6.11. The number of hydrogen-bond acceptors (Lipinski definition) is 2. The van der Waals surface area contributed by atoms with Gasteiger partial charge in [0.25, 0.3) is 0 Å². The third-order valence-corrected chi connectivity index (χ3v) is 4.79. The number of nitrogens with one attached hydrogen (secondary N) is 1. The Hall–Kier alpha value is -0.900. The molecule has 0 saturated heterocycles. The Morgan fingerprint density at radius 3 is 2.71 bits per heavy atom. The van der Waals surface area contributed by atoms with E-state index in [9.17, 15) is 0 Å². The molecule has 2 atom stereocenters. The standard InChI is InChI=1S/C17H20BrClN2/c1-3-9-21-17(12(2)16-6-4-5-10-20-16)13-7-8-15(19)14(18)11-13/h4-8,10-12,17,21H,3,9H2,1-2H3. The van der Waals surface area contributed by atoms with Crippen LogP contribution < -0.4 is 5.32 Å². The van der Waals surface area contributed by atoms with Crippen molar-refractivity contribution in [2.75, 3.05) is 6.54 Å². The molecule has 0 spiro atoms. The van der Waals surface area contributed by atoms with E-state index in [-0.39, 0.29) is 12.0 Å². The van der Waals surface area contributed by atoms with Crippen LogP contribution in [0, 0.1) is 0 Å². The number of benzene rings is 1. The predicted octanol–water partition coefficient (Wildman–Crippen LogP) is 5.34. The maximum Gasteiger partial charge on any atom is 0.0548 e. The Labute approximate surface area is 140 Å². The maximum atomic E-state index is 6.11. The summed E-state index contributed by atoms with van der Waals surface area (Å²) in [5.74, 6) is 0.283. The lowest BCUT2D eigenvalue weighted by atomic mass is 9.91. The molecule has 0 bridgehead atoms. The highest BCUT2D eigenvalue weighted by Crippen LogP contribution is 2.33. The SMILES string of the molecule is CCCNC(c1ccc(Cl)c(Br)c1)C(C)c1ccccn1. The minimum absolute atomic E-state index is 0.216. The summed E-state index contributed by atoms with van der Waals surface area (Å²) in [6, 6.07) is 12.4. The zero-order chi connectivity index (χ0) is 15.2. The van der Waals surface area contributed by atoms with Crippen LogP contribution in [-0.4, -0.2) is 11.5 Å². The third kappa shape index (κ3) is 4.29. The summed E-state index contributed by atoms with van der Waals surface area (Å²) < 4.78 is 0.929. The molecule has 0 aliphatic carbocycles. The second-order valence-electron chi connectivity index (χ2n) is 5.15. The highest BCUT2D eigenvalue weighted by atomic mass is 79.9. The summed E-state index contributed by atoms with van der Waals surface area (Å²) in [6.45, 7) is 5.35. The van der Waals surface area contributed by atoms with Crippen molar-refractivity contribution in [1.29, 1.82) is 0 Å². The van der Waals surface area contributed by atoms with Gasteiger partial charge in [0.05, 0.1) is 5.02 Å². The molecule has 112 valence electrons. The molecule has 21 heavy (non-hydrogen) atoms. The summed E-state index contributed by atoms with van der Waals surface area (Å²) in [4.78, 5) is 4.50. The summed E-state index contributed by atoms with van der Waals surface area (Å²) in [5.41, 5.74) is 2.31. The molecule has 2 aromatic rings. The lowest BCUT2D eigenvalue weighted by Crippen LogP contribution is -2.27. The van der Waals surface area contributed by atoms with Crippen LogP contribution in [0.4, 0.5) is 0 Å². The fourth-order valence-electron chi connectivity index (χ4n) is 2.41. The van der Waals surface area contributed by atoms with Crippen LogP contribution in [0.1, 0.15) is 43.5 Å². The second-order valence-corrected chi connectivity index (χ2v) is 6.41. The van der Waals surface area contributed by atoms with Crippen molar-refractivity contribution >= 4 is 27.5 Å². The lowest BCUT2D eigenvalue weighted by Gasteiger charge is -2.26. The highest BCUT2D eigenvalue weighted by Gasteiger charge is 2.21. The molecule has 2 unspecified atom stereocenters. The molecule has 0 fully saturated rings. The zero-order valence-corrected chi connectivity index (χ0v) is 14.7. The van der Waals surface area contributed by atoms with Gasteiger partial charge in [0, 0.05) is 28.3 Å². The Balaban J connectivity index is 2.31. The van der Waals surface area contributed by atoms with E-state index < -0.39 is 0 Å². The molecule has 0 aliphatic heterocycles. The molecule has 0 saturated carbocycles. The van der Waals surface area contributed by atoms with Gasteiger partial charge in [0.2, 0.25) is 0 Å². The van der Waals surface area contributed by atoms with E-state index in [1.807, 2.05) is 24.4 Å². The number of rotatable bonds is 6. The van der Waals surface area contributed by atoms with Crippen molar-refractivity contribution in [2.45, 2.75) is 32.2 Å². The van der Waals surface area contributed by atoms with Crippen molar-refractivity contribution in [3.63, 3.8) is 0 Å². The average Bonchev–Trinajstić information content (AvgIpc) is 2.51. The van der Waals surface area contributed by atoms with E-state index in [2.05, 4.69) is 58.3 Å². The first-order chi connectivity index (χ1) is 10.1. The predicted molar refractivity (Wildman–Crippen MR) is 92.8 cm³/mol. The summed E-state index contributed by atoms with van der Waals surface area (Å²) >= 11 is 9.62. The Kier molecular flexibility index (Phi) is 6.22. The zero-order valence-electron chi connectivity index (χ0n) is 12.3. The number of pyridine rings is 1. The van der Waals surface area contributed by atoms with Gasteiger partial charge >= 0.3 is 0 Å². The topological polar surface area (TPSA) is 24.9 Å². The number of nitrogens with zero attached hydrogens (tertiary/aromatic N) is 1. The van der Waals surface area contributed by atoms with Gasteiger partial charge in [-0.25, -0.2) is 0 Å². The van der Waals surface area contributed by atoms with Gasteiger partial charge in [-0.15, -0.1) is 0 Å². The minimum Gasteiger partial charge on any atom is -0.309 e. The summed E-state index contributed by atoms with van der Waals surface area (Å²) in [5, 5.41) is 4.36. The van der Waals surface area contributed by atoms with Crippen LogP contribution in [0.3, 0.4) is 0 Å². The van der Waals surface area contributed by atoms with Crippen LogP contribution in [0.25, 0.3) is 0 Å². The molecular formula is C17H20BrClN2. The van der Waals surface area contributed by atoms with E-state index in [1.54, 1.807) is 0 Å². The first kappa shape index (κ1) is 16.5. The lowest BCUT2D eigenvalue weighted by molar-refractivity contribution is 0.460. The number of aromatic nitrogens is 1. The van der Waals surface area contributed by atoms with Crippen LogP contribution in [-0.2, 0) is 0 Å². The van der Waals surface area contributed by atoms with Gasteiger partial charge in [-0.1, -0.05) is 37.6 Å². The Morgan fingerprint density at radius 2 is 2.10 bits per heavy atom. The van der Waals surface area contributed by atoms with Crippen LogP contribution in [0.5, 0.6) is 0 Å². The fraction of sp³-hybridized carbons (Fsp3) is 0.353. The molecular weight excluding hydrogens is 348 g/mol. The van der Waals surface area contributed by atoms with Gasteiger partial charge in [0.1, 0.15) is 0 Å². The monoisotopic (exact) mass is 366 g/mol. The van der Waals surface area contributed by atoms with Crippen molar-refractivity contribution in [1.82, 2.24) is 10.3 Å². The Bertz CT molecular complexity index is 574. The molecule has 2 rings (SSSR count). The number of hydrogen-bond donors (Lipinski definition) is 1. The summed E-state index contributed by atoms with van der Waals surface area (Å²) in [7, 11) is 0. The van der Waals surface area contributed by atoms with Crippen molar-refractivity contribution in [3.05, 3.63) is 63.3 Å². The van der Waals surface area contributed by atoms with Crippen molar-refractivity contribution in [3.8, 4) is 0 Å². The molecule has 2 nitrogen and oxygen atoms in total. The molecule has 1 heterocycles. The van der Waals surface area contributed by atoms with Gasteiger partial charge in [-0.3, -0.25) is 4.98 Å². The van der Waals surface area contributed by atoms with Gasteiger partial charge < -0.3 is 5.32 Å². The van der Waals surface area contributed by atoms with Gasteiger partial charge in [0.15, 0.2) is 0 Å². The van der Waals surface area contributed by atoms with Crippen LogP contribution in [0.15, 0.2) is 47.1 Å². The molecule has 0 radical (unpaired) electrons. The first-order valence-corrected chi connectivity index (χ1v) is 8.39. The molecule has 0 aliphatic rings. The van der Waals surface area contributed by atoms with E-state index in [0.29, 0.717) is 0 Å². The fourth-order valence-corrected chi connectivity index (χ4v) is 2.92. The van der Waals surface area contributed by atoms with E-state index >= 15 is 0 Å². The average molecular weight is 368 g/mol. The number of halogens is 2. The third-order valence-electron chi connectivity index (χ3n) is 3.57. The van der Waals surface area contributed by atoms with Crippen molar-refractivity contribution in [2.24, 2.45) is 0 Å². The van der Waals surface area contributed by atoms with Crippen LogP contribution >= 0.6 is 27.5 Å². The summed E-state index contributed by atoms with van der Waals surface area (Å²) in [6.07, 6.45) is 2.95. The quantitative estimate of drug-likeness (QED) is 0.745. The van der Waals surface area contributed by atoms with Crippen molar-refractivity contribution < 1.29 is 0 Å². The van der Waals surface area contributed by atoms with E-state index in [1.165, 1.54) is 5.56 Å². The molecule has 1 N–H and O–H groups in total. The smallest absolute Gasteiger partial charge is 0.0548 e. The van der Waals surface area contributed by atoms with Gasteiger partial charge in [-0.2, -0.15) is 0 Å². The Morgan fingerprint density at radius 1 is 1.29 bits per heavy atom. The molecule has 1 aromatic heterocycles. The highest BCUT2D eigenvalue weighted by molar-refractivity contribution is 9.10. The normalized spacial score (nSPS) is 13.9. The first-order valence-electron chi connectivity index (χ1n) is 7.22. The van der Waals surface area contributed by atoms with Crippen LogP contribution in [0.2, 0.25) is 5.02 Å². The molecule has 1 aromatic carbocycles. The second kappa shape index (κ2) is 7.92. The molecule has 4 heteroatoms. The van der Waals surface area contributed by atoms with Gasteiger partial charge in [-0.05, 0) is 58.7 Å². The minimum atomic E-state index is 0.216. The largest absolute Gasteiger partial charge is 0.309 e.